The normalized spacial score (nSPS) is 13.1. The highest BCUT2D eigenvalue weighted by Gasteiger charge is 2.22. The fourth-order valence-corrected chi connectivity index (χ4v) is 3.32. The van der Waals surface area contributed by atoms with Crippen LogP contribution in [-0.4, -0.2) is 31.9 Å². The van der Waals surface area contributed by atoms with Crippen molar-refractivity contribution in [3.8, 4) is 11.6 Å². The van der Waals surface area contributed by atoms with E-state index < -0.39 is 28.9 Å². The summed E-state index contributed by atoms with van der Waals surface area (Å²) in [7, 11) is 0. The van der Waals surface area contributed by atoms with Gasteiger partial charge in [0.05, 0.1) is 29.3 Å². The van der Waals surface area contributed by atoms with Crippen LogP contribution in [0.4, 0.5) is 5.88 Å². The summed E-state index contributed by atoms with van der Waals surface area (Å²) >= 11 is 5.88. The number of halogens is 1. The maximum atomic E-state index is 12.9. The second-order valence-corrected chi connectivity index (χ2v) is 7.38. The number of nitrogens with zero attached hydrogens (tertiary/aromatic N) is 2. The van der Waals surface area contributed by atoms with Gasteiger partial charge in [-0.05, 0) is 42.8 Å². The second kappa shape index (κ2) is 8.21. The van der Waals surface area contributed by atoms with Crippen LogP contribution in [0.2, 0.25) is 5.02 Å². The summed E-state index contributed by atoms with van der Waals surface area (Å²) in [6.45, 7) is 1.69. The van der Waals surface area contributed by atoms with Gasteiger partial charge < -0.3 is 19.8 Å². The minimum atomic E-state index is -0.932. The first-order valence-corrected chi connectivity index (χ1v) is 9.69. The van der Waals surface area contributed by atoms with Crippen LogP contribution in [0, 0.1) is 10.1 Å². The van der Waals surface area contributed by atoms with E-state index in [1.807, 2.05) is 0 Å². The average molecular weight is 441 g/mol. The first kappa shape index (κ1) is 20.6. The van der Waals surface area contributed by atoms with Crippen molar-refractivity contribution in [3.05, 3.63) is 80.9 Å². The van der Waals surface area contributed by atoms with E-state index in [-0.39, 0.29) is 17.1 Å². The molecule has 0 unspecified atom stereocenters. The zero-order chi connectivity index (χ0) is 22.1. The molecular weight excluding hydrogens is 424 g/mol. The molecule has 9 nitrogen and oxygen atoms in total. The van der Waals surface area contributed by atoms with Gasteiger partial charge in [-0.3, -0.25) is 14.9 Å². The lowest BCUT2D eigenvalue weighted by Gasteiger charge is -2.20. The number of imidazole rings is 1. The van der Waals surface area contributed by atoms with Crippen LogP contribution in [0.5, 0.6) is 0 Å². The average Bonchev–Trinajstić information content (AvgIpc) is 3.40. The van der Waals surface area contributed by atoms with Crippen molar-refractivity contribution >= 4 is 34.4 Å². The summed E-state index contributed by atoms with van der Waals surface area (Å²) in [6.07, 6.45) is -0.932. The number of para-hydroxylation sites is 1. The third-order valence-corrected chi connectivity index (χ3v) is 5.06. The molecule has 31 heavy (non-hydrogen) atoms. The van der Waals surface area contributed by atoms with Gasteiger partial charge in [-0.15, -0.1) is 0 Å². The highest BCUT2D eigenvalue weighted by Crippen LogP contribution is 2.27. The van der Waals surface area contributed by atoms with Crippen LogP contribution in [-0.2, 0) is 0 Å². The zero-order valence-corrected chi connectivity index (χ0v) is 17.0. The van der Waals surface area contributed by atoms with Gasteiger partial charge in [-0.1, -0.05) is 29.8 Å². The summed E-state index contributed by atoms with van der Waals surface area (Å²) in [5.41, 5.74) is 1.85. The Morgan fingerprint density at radius 2 is 1.97 bits per heavy atom. The molecule has 4 rings (SSSR count). The van der Waals surface area contributed by atoms with Crippen molar-refractivity contribution in [2.75, 3.05) is 0 Å². The number of aromatic nitrogens is 2. The minimum Gasteiger partial charge on any atom is -0.397 e. The van der Waals surface area contributed by atoms with E-state index in [1.165, 1.54) is 12.1 Å². The number of benzene rings is 2. The molecule has 0 bridgehead atoms. The van der Waals surface area contributed by atoms with Crippen molar-refractivity contribution in [2.45, 2.75) is 19.1 Å². The molecule has 3 N–H and O–H groups in total. The molecule has 0 aliphatic carbocycles. The molecule has 2 atom stereocenters. The van der Waals surface area contributed by atoms with Gasteiger partial charge >= 0.3 is 5.88 Å². The van der Waals surface area contributed by atoms with E-state index in [0.29, 0.717) is 21.6 Å². The molecule has 0 aliphatic heterocycles. The first-order chi connectivity index (χ1) is 14.8. The van der Waals surface area contributed by atoms with Crippen LogP contribution >= 0.6 is 11.6 Å². The summed E-state index contributed by atoms with van der Waals surface area (Å²) in [4.78, 5) is 30.5. The standard InChI is InChI=1S/C21H17ClN4O5/c1-11(19(27)12-5-7-13(22)8-6-12)23-21(28)14-3-2-4-15-18(14)25-20(24-15)16-9-10-17(31-16)26(29)30/h2-11,19,27H,1H3,(H,23,28)(H,24,25)/t11-,19+/m1/s1. The number of aromatic amines is 1. The van der Waals surface area contributed by atoms with Gasteiger partial charge in [-0.2, -0.15) is 0 Å². The molecule has 0 fully saturated rings. The lowest BCUT2D eigenvalue weighted by molar-refractivity contribution is -0.401. The Bertz CT molecular complexity index is 1260. The Hall–Kier alpha value is -3.69. The minimum absolute atomic E-state index is 0.181. The number of carbonyl (C=O) groups is 1. The fourth-order valence-electron chi connectivity index (χ4n) is 3.20. The smallest absolute Gasteiger partial charge is 0.397 e. The quantitative estimate of drug-likeness (QED) is 0.303. The monoisotopic (exact) mass is 440 g/mol. The number of aliphatic hydroxyl groups is 1. The number of rotatable bonds is 6. The lowest BCUT2D eigenvalue weighted by Crippen LogP contribution is -2.37. The van der Waals surface area contributed by atoms with Gasteiger partial charge in [0.15, 0.2) is 11.6 Å². The number of furan rings is 1. The van der Waals surface area contributed by atoms with Gasteiger partial charge in [-0.25, -0.2) is 4.98 Å². The van der Waals surface area contributed by atoms with E-state index in [9.17, 15) is 20.0 Å². The number of nitrogens with one attached hydrogen (secondary N) is 2. The summed E-state index contributed by atoms with van der Waals surface area (Å²) < 4.78 is 5.18. The third kappa shape index (κ3) is 4.14. The lowest BCUT2D eigenvalue weighted by atomic mass is 10.0. The second-order valence-electron chi connectivity index (χ2n) is 6.94. The summed E-state index contributed by atoms with van der Waals surface area (Å²) in [5, 5.41) is 24.7. The highest BCUT2D eigenvalue weighted by molar-refractivity contribution is 6.30. The number of hydrogen-bond acceptors (Lipinski definition) is 6. The molecule has 0 spiro atoms. The Morgan fingerprint density at radius 3 is 2.65 bits per heavy atom. The Kier molecular flexibility index (Phi) is 5.45. The highest BCUT2D eigenvalue weighted by atomic mass is 35.5. The van der Waals surface area contributed by atoms with Crippen LogP contribution in [0.3, 0.4) is 0 Å². The third-order valence-electron chi connectivity index (χ3n) is 4.81. The molecular formula is C21H17ClN4O5. The van der Waals surface area contributed by atoms with E-state index in [2.05, 4.69) is 15.3 Å². The molecule has 10 heteroatoms. The molecule has 2 aromatic carbocycles. The SMILES string of the molecule is C[C@@H](NC(=O)c1cccc2[nH]c(-c3ccc([N+](=O)[O-])o3)nc12)[C@H](O)c1ccc(Cl)cc1. The predicted molar refractivity (Wildman–Crippen MR) is 114 cm³/mol. The number of hydrogen-bond donors (Lipinski definition) is 3. The van der Waals surface area contributed by atoms with Gasteiger partial charge in [0.2, 0.25) is 0 Å². The van der Waals surface area contributed by atoms with Crippen LogP contribution < -0.4 is 5.32 Å². The Balaban J connectivity index is 1.58. The number of aliphatic hydroxyl groups excluding tert-OH is 1. The van der Waals surface area contributed by atoms with Gasteiger partial charge in [0, 0.05) is 5.02 Å². The molecule has 0 radical (unpaired) electrons. The van der Waals surface area contributed by atoms with Gasteiger partial charge in [0.1, 0.15) is 10.4 Å². The van der Waals surface area contributed by atoms with Crippen molar-refractivity contribution in [1.29, 1.82) is 0 Å². The number of nitro groups is 1. The molecule has 0 aliphatic rings. The molecule has 0 saturated heterocycles. The van der Waals surface area contributed by atoms with E-state index in [4.69, 9.17) is 16.0 Å². The van der Waals surface area contributed by atoms with E-state index in [0.717, 1.165) is 0 Å². The molecule has 2 aromatic heterocycles. The topological polar surface area (TPSA) is 134 Å². The number of H-pyrrole nitrogens is 1. The Labute approximate surface area is 180 Å². The number of carbonyl (C=O) groups excluding carboxylic acids is 1. The predicted octanol–water partition coefficient (Wildman–Crippen LogP) is 4.24. The van der Waals surface area contributed by atoms with Gasteiger partial charge in [0.25, 0.3) is 5.91 Å². The molecule has 1 amide bonds. The molecule has 0 saturated carbocycles. The maximum Gasteiger partial charge on any atom is 0.433 e. The first-order valence-electron chi connectivity index (χ1n) is 9.31. The van der Waals surface area contributed by atoms with E-state index >= 15 is 0 Å². The Morgan fingerprint density at radius 1 is 1.23 bits per heavy atom. The van der Waals surface area contributed by atoms with Crippen LogP contribution in [0.25, 0.3) is 22.6 Å². The summed E-state index contributed by atoms with van der Waals surface area (Å²) in [5.74, 6) is -0.383. The molecule has 2 heterocycles. The van der Waals surface area contributed by atoms with Crippen molar-refractivity contribution in [2.24, 2.45) is 0 Å². The van der Waals surface area contributed by atoms with Crippen molar-refractivity contribution < 1.29 is 19.2 Å². The maximum absolute atomic E-state index is 12.9. The van der Waals surface area contributed by atoms with Crippen LogP contribution in [0.15, 0.2) is 59.0 Å². The van der Waals surface area contributed by atoms with Crippen LogP contribution in [0.1, 0.15) is 28.9 Å². The summed E-state index contributed by atoms with van der Waals surface area (Å²) in [6, 6.07) is 13.8. The van der Waals surface area contributed by atoms with Crippen molar-refractivity contribution in [3.63, 3.8) is 0 Å². The van der Waals surface area contributed by atoms with E-state index in [1.54, 1.807) is 49.4 Å². The molecule has 4 aromatic rings. The fraction of sp³-hybridized carbons (Fsp3) is 0.143. The number of fused-ring (bicyclic) bond motifs is 1. The zero-order valence-electron chi connectivity index (χ0n) is 16.2. The number of amides is 1. The largest absolute Gasteiger partial charge is 0.433 e. The molecule has 158 valence electrons. The van der Waals surface area contributed by atoms with Crippen molar-refractivity contribution in [1.82, 2.24) is 15.3 Å².